The first-order valence-electron chi connectivity index (χ1n) is 7.83. The van der Waals surface area contributed by atoms with Gasteiger partial charge in [0.2, 0.25) is 0 Å². The van der Waals surface area contributed by atoms with Crippen molar-refractivity contribution < 1.29 is 4.79 Å². The summed E-state index contributed by atoms with van der Waals surface area (Å²) in [7, 11) is 1.89. The first-order chi connectivity index (χ1) is 10.6. The second-order valence-corrected chi connectivity index (χ2v) is 6.09. The number of hydrogen-bond donors (Lipinski definition) is 1. The fourth-order valence-electron chi connectivity index (χ4n) is 3.15. The van der Waals surface area contributed by atoms with Gasteiger partial charge in [0.15, 0.2) is 0 Å². The quantitative estimate of drug-likeness (QED) is 0.944. The van der Waals surface area contributed by atoms with Crippen molar-refractivity contribution in [3.8, 4) is 11.1 Å². The molecule has 2 aromatic rings. The molecule has 2 N–H and O–H groups in total. The molecule has 0 spiro atoms. The summed E-state index contributed by atoms with van der Waals surface area (Å²) < 4.78 is 0. The SMILES string of the molecule is CN(C(=O)c1ccc(-c2ccccc2)cc1)C1CCC(N)C1. The molecule has 2 aromatic carbocycles. The number of carbonyl (C=O) groups excluding carboxylic acids is 1. The van der Waals surface area contributed by atoms with Gasteiger partial charge in [0.25, 0.3) is 5.91 Å². The Hall–Kier alpha value is -2.13. The highest BCUT2D eigenvalue weighted by Gasteiger charge is 2.28. The van der Waals surface area contributed by atoms with Gasteiger partial charge in [-0.1, -0.05) is 42.5 Å². The number of nitrogens with zero attached hydrogens (tertiary/aromatic N) is 1. The van der Waals surface area contributed by atoms with Crippen LogP contribution in [0.2, 0.25) is 0 Å². The van der Waals surface area contributed by atoms with Crippen LogP contribution in [0.4, 0.5) is 0 Å². The van der Waals surface area contributed by atoms with E-state index < -0.39 is 0 Å². The monoisotopic (exact) mass is 294 g/mol. The molecule has 2 atom stereocenters. The van der Waals surface area contributed by atoms with Gasteiger partial charge in [-0.15, -0.1) is 0 Å². The Morgan fingerprint density at radius 3 is 2.23 bits per heavy atom. The maximum atomic E-state index is 12.6. The summed E-state index contributed by atoms with van der Waals surface area (Å²) in [6.45, 7) is 0. The first-order valence-corrected chi connectivity index (χ1v) is 7.83. The molecule has 1 fully saturated rings. The lowest BCUT2D eigenvalue weighted by atomic mass is 10.0. The van der Waals surface area contributed by atoms with Crippen molar-refractivity contribution in [1.29, 1.82) is 0 Å². The van der Waals surface area contributed by atoms with Crippen LogP contribution in [0.3, 0.4) is 0 Å². The fraction of sp³-hybridized carbons (Fsp3) is 0.316. The average Bonchev–Trinajstić information content (AvgIpc) is 3.01. The lowest BCUT2D eigenvalue weighted by molar-refractivity contribution is 0.0734. The fourth-order valence-corrected chi connectivity index (χ4v) is 3.15. The van der Waals surface area contributed by atoms with Crippen molar-refractivity contribution in [3.63, 3.8) is 0 Å². The van der Waals surface area contributed by atoms with E-state index in [-0.39, 0.29) is 18.0 Å². The van der Waals surface area contributed by atoms with Crippen molar-refractivity contribution in [2.75, 3.05) is 7.05 Å². The third-order valence-electron chi connectivity index (χ3n) is 4.55. The highest BCUT2D eigenvalue weighted by Crippen LogP contribution is 2.24. The summed E-state index contributed by atoms with van der Waals surface area (Å²) in [5, 5.41) is 0. The normalized spacial score (nSPS) is 20.8. The summed E-state index contributed by atoms with van der Waals surface area (Å²) in [5.74, 6) is 0.0821. The van der Waals surface area contributed by atoms with Crippen molar-refractivity contribution in [1.82, 2.24) is 4.90 Å². The molecule has 0 saturated heterocycles. The Balaban J connectivity index is 1.74. The summed E-state index contributed by atoms with van der Waals surface area (Å²) in [5.41, 5.74) is 8.98. The van der Waals surface area contributed by atoms with Crippen LogP contribution in [0.1, 0.15) is 29.6 Å². The van der Waals surface area contributed by atoms with E-state index in [2.05, 4.69) is 12.1 Å². The van der Waals surface area contributed by atoms with Gasteiger partial charge < -0.3 is 10.6 Å². The molecule has 2 unspecified atom stereocenters. The molecule has 22 heavy (non-hydrogen) atoms. The van der Waals surface area contributed by atoms with Gasteiger partial charge >= 0.3 is 0 Å². The topological polar surface area (TPSA) is 46.3 Å². The third-order valence-corrected chi connectivity index (χ3v) is 4.55. The Kier molecular flexibility index (Phi) is 4.25. The molecule has 0 aliphatic heterocycles. The molecule has 1 aliphatic carbocycles. The van der Waals surface area contributed by atoms with E-state index in [0.717, 1.165) is 36.0 Å². The zero-order valence-electron chi connectivity index (χ0n) is 12.9. The minimum atomic E-state index is 0.0821. The van der Waals surface area contributed by atoms with Crippen LogP contribution in [-0.4, -0.2) is 29.9 Å². The Morgan fingerprint density at radius 2 is 1.64 bits per heavy atom. The average molecular weight is 294 g/mol. The zero-order chi connectivity index (χ0) is 15.5. The second-order valence-electron chi connectivity index (χ2n) is 6.09. The number of benzene rings is 2. The Morgan fingerprint density at radius 1 is 1.00 bits per heavy atom. The van der Waals surface area contributed by atoms with E-state index in [1.54, 1.807) is 0 Å². The molecule has 1 aliphatic rings. The second kappa shape index (κ2) is 6.32. The highest BCUT2D eigenvalue weighted by molar-refractivity contribution is 5.94. The van der Waals surface area contributed by atoms with Crippen LogP contribution >= 0.6 is 0 Å². The number of carbonyl (C=O) groups is 1. The zero-order valence-corrected chi connectivity index (χ0v) is 12.9. The minimum absolute atomic E-state index is 0.0821. The number of amides is 1. The van der Waals surface area contributed by atoms with E-state index in [4.69, 9.17) is 5.73 Å². The molecule has 3 heteroatoms. The lowest BCUT2D eigenvalue weighted by Gasteiger charge is -2.24. The van der Waals surface area contributed by atoms with Gasteiger partial charge in [-0.3, -0.25) is 4.79 Å². The summed E-state index contributed by atoms with van der Waals surface area (Å²) in [6.07, 6.45) is 2.92. The summed E-state index contributed by atoms with van der Waals surface area (Å²) >= 11 is 0. The number of rotatable bonds is 3. The van der Waals surface area contributed by atoms with Gasteiger partial charge in [-0.2, -0.15) is 0 Å². The first kappa shape index (κ1) is 14.8. The molecule has 1 amide bonds. The van der Waals surface area contributed by atoms with E-state index in [9.17, 15) is 4.79 Å². The van der Waals surface area contributed by atoms with Crippen LogP contribution in [0.25, 0.3) is 11.1 Å². The maximum Gasteiger partial charge on any atom is 0.253 e. The molecule has 3 rings (SSSR count). The predicted octanol–water partition coefficient (Wildman–Crippen LogP) is 3.31. The van der Waals surface area contributed by atoms with E-state index in [1.807, 2.05) is 54.4 Å². The van der Waals surface area contributed by atoms with Gasteiger partial charge in [-0.05, 0) is 42.5 Å². The molecule has 0 bridgehead atoms. The highest BCUT2D eigenvalue weighted by atomic mass is 16.2. The largest absolute Gasteiger partial charge is 0.339 e. The van der Waals surface area contributed by atoms with Crippen molar-refractivity contribution >= 4 is 5.91 Å². The molecule has 0 heterocycles. The molecule has 114 valence electrons. The minimum Gasteiger partial charge on any atom is -0.339 e. The molecule has 1 saturated carbocycles. The summed E-state index contributed by atoms with van der Waals surface area (Å²) in [4.78, 5) is 14.4. The predicted molar refractivity (Wildman–Crippen MR) is 89.6 cm³/mol. The molecular formula is C19H22N2O. The van der Waals surface area contributed by atoms with Crippen molar-refractivity contribution in [2.45, 2.75) is 31.3 Å². The van der Waals surface area contributed by atoms with E-state index in [0.29, 0.717) is 0 Å². The molecule has 0 aromatic heterocycles. The third kappa shape index (κ3) is 3.04. The standard InChI is InChI=1S/C19H22N2O/c1-21(18-12-11-17(20)13-18)19(22)16-9-7-15(8-10-16)14-5-3-2-4-6-14/h2-10,17-18H,11-13,20H2,1H3. The van der Waals surface area contributed by atoms with Gasteiger partial charge in [0, 0.05) is 24.7 Å². The summed E-state index contributed by atoms with van der Waals surface area (Å²) in [6, 6.07) is 18.5. The molecular weight excluding hydrogens is 272 g/mol. The van der Waals surface area contributed by atoms with Crippen LogP contribution in [-0.2, 0) is 0 Å². The lowest BCUT2D eigenvalue weighted by Crippen LogP contribution is -2.36. The van der Waals surface area contributed by atoms with Crippen molar-refractivity contribution in [2.24, 2.45) is 5.73 Å². The number of hydrogen-bond acceptors (Lipinski definition) is 2. The van der Waals surface area contributed by atoms with Crippen LogP contribution in [0.5, 0.6) is 0 Å². The van der Waals surface area contributed by atoms with Gasteiger partial charge in [0.05, 0.1) is 0 Å². The molecule has 3 nitrogen and oxygen atoms in total. The Bertz CT molecular complexity index is 636. The van der Waals surface area contributed by atoms with Crippen LogP contribution in [0, 0.1) is 0 Å². The smallest absolute Gasteiger partial charge is 0.253 e. The Labute approximate surface area is 131 Å². The number of nitrogens with two attached hydrogens (primary N) is 1. The van der Waals surface area contributed by atoms with Crippen LogP contribution < -0.4 is 5.73 Å². The van der Waals surface area contributed by atoms with Gasteiger partial charge in [-0.25, -0.2) is 0 Å². The van der Waals surface area contributed by atoms with Crippen LogP contribution in [0.15, 0.2) is 54.6 Å². The van der Waals surface area contributed by atoms with E-state index in [1.165, 1.54) is 0 Å². The van der Waals surface area contributed by atoms with Crippen molar-refractivity contribution in [3.05, 3.63) is 60.2 Å². The maximum absolute atomic E-state index is 12.6. The van der Waals surface area contributed by atoms with E-state index >= 15 is 0 Å². The van der Waals surface area contributed by atoms with Gasteiger partial charge in [0.1, 0.15) is 0 Å². The molecule has 0 radical (unpaired) electrons.